The fourth-order valence-corrected chi connectivity index (χ4v) is 2.13. The Bertz CT molecular complexity index is 764. The van der Waals surface area contributed by atoms with E-state index >= 15 is 0 Å². The number of anilines is 1. The van der Waals surface area contributed by atoms with Gasteiger partial charge in [-0.3, -0.25) is 0 Å². The first-order chi connectivity index (χ1) is 10.2. The van der Waals surface area contributed by atoms with Gasteiger partial charge in [0.15, 0.2) is 5.82 Å². The second kappa shape index (κ2) is 5.24. The average molecular weight is 281 g/mol. The molecule has 2 N–H and O–H groups in total. The number of hydrogen-bond acceptors (Lipinski definition) is 5. The topological polar surface area (TPSA) is 78.8 Å². The van der Waals surface area contributed by atoms with Crippen LogP contribution in [0.1, 0.15) is 5.56 Å². The molecule has 0 bridgehead atoms. The van der Waals surface area contributed by atoms with Crippen molar-refractivity contribution >= 4 is 5.69 Å². The molecule has 0 aliphatic carbocycles. The highest BCUT2D eigenvalue weighted by molar-refractivity contribution is 5.62. The first-order valence-electron chi connectivity index (χ1n) is 6.48. The number of ether oxygens (including phenoxy) is 1. The van der Waals surface area contributed by atoms with Crippen molar-refractivity contribution in [3.05, 3.63) is 48.0 Å². The molecule has 3 rings (SSSR count). The van der Waals surface area contributed by atoms with Gasteiger partial charge in [0.25, 0.3) is 0 Å². The lowest BCUT2D eigenvalue weighted by molar-refractivity contribution is 0.411. The molecule has 2 aromatic carbocycles. The molecular weight excluding hydrogens is 266 g/mol. The van der Waals surface area contributed by atoms with Crippen molar-refractivity contribution in [1.82, 2.24) is 20.2 Å². The summed E-state index contributed by atoms with van der Waals surface area (Å²) >= 11 is 0. The van der Waals surface area contributed by atoms with Gasteiger partial charge in [0.1, 0.15) is 11.4 Å². The molecule has 0 saturated heterocycles. The van der Waals surface area contributed by atoms with Gasteiger partial charge in [0.05, 0.1) is 7.11 Å². The summed E-state index contributed by atoms with van der Waals surface area (Å²) in [6, 6.07) is 13.3. The van der Waals surface area contributed by atoms with Gasteiger partial charge in [-0.25, -0.2) is 0 Å². The summed E-state index contributed by atoms with van der Waals surface area (Å²) in [7, 11) is 1.63. The quantitative estimate of drug-likeness (QED) is 0.745. The first-order valence-corrected chi connectivity index (χ1v) is 6.48. The minimum atomic E-state index is 0.638. The Morgan fingerprint density at radius 3 is 2.57 bits per heavy atom. The Hall–Kier alpha value is -2.89. The predicted molar refractivity (Wildman–Crippen MR) is 80.3 cm³/mol. The van der Waals surface area contributed by atoms with Gasteiger partial charge < -0.3 is 10.5 Å². The number of nitrogens with zero attached hydrogens (tertiary/aromatic N) is 4. The van der Waals surface area contributed by atoms with Crippen LogP contribution in [0.15, 0.2) is 42.5 Å². The van der Waals surface area contributed by atoms with Gasteiger partial charge in [-0.05, 0) is 59.3 Å². The lowest BCUT2D eigenvalue weighted by atomic mass is 10.1. The molecule has 0 spiro atoms. The number of methoxy groups -OCH3 is 1. The van der Waals surface area contributed by atoms with E-state index in [2.05, 4.69) is 15.5 Å². The maximum atomic E-state index is 5.72. The van der Waals surface area contributed by atoms with Crippen molar-refractivity contribution in [3.63, 3.8) is 0 Å². The summed E-state index contributed by atoms with van der Waals surface area (Å²) in [6.07, 6.45) is 0. The molecule has 6 nitrogen and oxygen atoms in total. The monoisotopic (exact) mass is 281 g/mol. The van der Waals surface area contributed by atoms with Crippen LogP contribution in [0.2, 0.25) is 0 Å². The van der Waals surface area contributed by atoms with Crippen LogP contribution in [0, 0.1) is 6.92 Å². The van der Waals surface area contributed by atoms with Crippen LogP contribution in [-0.4, -0.2) is 27.3 Å². The van der Waals surface area contributed by atoms with Crippen LogP contribution in [-0.2, 0) is 0 Å². The maximum absolute atomic E-state index is 5.72. The highest BCUT2D eigenvalue weighted by atomic mass is 16.5. The molecule has 6 heteroatoms. The van der Waals surface area contributed by atoms with Gasteiger partial charge in [-0.1, -0.05) is 6.07 Å². The van der Waals surface area contributed by atoms with Crippen molar-refractivity contribution in [2.24, 2.45) is 0 Å². The highest BCUT2D eigenvalue weighted by Gasteiger charge is 2.14. The number of hydrogen-bond donors (Lipinski definition) is 1. The zero-order valence-corrected chi connectivity index (χ0v) is 11.8. The van der Waals surface area contributed by atoms with Crippen LogP contribution >= 0.6 is 0 Å². The van der Waals surface area contributed by atoms with E-state index in [0.29, 0.717) is 17.3 Å². The number of tetrazole rings is 1. The van der Waals surface area contributed by atoms with E-state index in [1.165, 1.54) is 0 Å². The largest absolute Gasteiger partial charge is 0.494 e. The molecule has 1 aromatic heterocycles. The lowest BCUT2D eigenvalue weighted by Crippen LogP contribution is -2.03. The molecule has 21 heavy (non-hydrogen) atoms. The van der Waals surface area contributed by atoms with Gasteiger partial charge in [-0.15, -0.1) is 5.10 Å². The Kier molecular flexibility index (Phi) is 3.27. The zero-order chi connectivity index (χ0) is 14.8. The maximum Gasteiger partial charge on any atom is 0.187 e. The van der Waals surface area contributed by atoms with Crippen molar-refractivity contribution in [1.29, 1.82) is 0 Å². The van der Waals surface area contributed by atoms with Gasteiger partial charge in [0, 0.05) is 11.3 Å². The summed E-state index contributed by atoms with van der Waals surface area (Å²) in [5.41, 5.74) is 9.20. The van der Waals surface area contributed by atoms with E-state index in [0.717, 1.165) is 16.8 Å². The number of nitrogens with two attached hydrogens (primary N) is 1. The minimum Gasteiger partial charge on any atom is -0.494 e. The van der Waals surface area contributed by atoms with E-state index in [9.17, 15) is 0 Å². The van der Waals surface area contributed by atoms with Crippen molar-refractivity contribution in [3.8, 4) is 22.8 Å². The van der Waals surface area contributed by atoms with Crippen LogP contribution in [0.5, 0.6) is 5.75 Å². The summed E-state index contributed by atoms with van der Waals surface area (Å²) in [6.45, 7) is 2.01. The van der Waals surface area contributed by atoms with E-state index in [-0.39, 0.29) is 0 Å². The molecule has 0 saturated carbocycles. The molecule has 0 aliphatic rings. The average Bonchev–Trinajstić information content (AvgIpc) is 2.97. The first kappa shape index (κ1) is 13.1. The molecule has 0 aliphatic heterocycles. The van der Waals surface area contributed by atoms with Crippen LogP contribution in [0.3, 0.4) is 0 Å². The standard InChI is InChI=1S/C15H15N5O/c1-10-3-8-14(21-2)13(9-10)20-15(17-18-19-20)11-4-6-12(16)7-5-11/h3-9H,16H2,1-2H3. The Morgan fingerprint density at radius 2 is 1.86 bits per heavy atom. The van der Waals surface area contributed by atoms with Crippen molar-refractivity contribution < 1.29 is 4.74 Å². The Labute approximate surface area is 122 Å². The van der Waals surface area contributed by atoms with Gasteiger partial charge >= 0.3 is 0 Å². The number of benzene rings is 2. The van der Waals surface area contributed by atoms with E-state index < -0.39 is 0 Å². The Morgan fingerprint density at radius 1 is 1.10 bits per heavy atom. The summed E-state index contributed by atoms with van der Waals surface area (Å²) in [5, 5.41) is 12.0. The molecule has 0 fully saturated rings. The Balaban J connectivity index is 2.15. The van der Waals surface area contributed by atoms with E-state index in [1.807, 2.05) is 49.4 Å². The van der Waals surface area contributed by atoms with Crippen LogP contribution in [0.4, 0.5) is 5.69 Å². The predicted octanol–water partition coefficient (Wildman–Crippen LogP) is 2.23. The number of nitrogen functional groups attached to an aromatic ring is 1. The zero-order valence-electron chi connectivity index (χ0n) is 11.8. The number of aryl methyl sites for hydroxylation is 1. The highest BCUT2D eigenvalue weighted by Crippen LogP contribution is 2.27. The molecule has 0 amide bonds. The lowest BCUT2D eigenvalue weighted by Gasteiger charge is -2.10. The molecule has 3 aromatic rings. The second-order valence-electron chi connectivity index (χ2n) is 4.71. The molecule has 0 radical (unpaired) electrons. The summed E-state index contributed by atoms with van der Waals surface area (Å²) in [4.78, 5) is 0. The number of aromatic nitrogens is 4. The van der Waals surface area contributed by atoms with Crippen LogP contribution < -0.4 is 10.5 Å². The summed E-state index contributed by atoms with van der Waals surface area (Å²) < 4.78 is 7.06. The fourth-order valence-electron chi connectivity index (χ4n) is 2.13. The van der Waals surface area contributed by atoms with E-state index in [1.54, 1.807) is 11.8 Å². The molecule has 1 heterocycles. The third-order valence-corrected chi connectivity index (χ3v) is 3.20. The van der Waals surface area contributed by atoms with Crippen molar-refractivity contribution in [2.45, 2.75) is 6.92 Å². The summed E-state index contributed by atoms with van der Waals surface area (Å²) in [5.74, 6) is 1.35. The van der Waals surface area contributed by atoms with Gasteiger partial charge in [-0.2, -0.15) is 4.68 Å². The minimum absolute atomic E-state index is 0.638. The number of rotatable bonds is 3. The second-order valence-corrected chi connectivity index (χ2v) is 4.71. The fraction of sp³-hybridized carbons (Fsp3) is 0.133. The third kappa shape index (κ3) is 2.43. The molecule has 106 valence electrons. The smallest absolute Gasteiger partial charge is 0.187 e. The van der Waals surface area contributed by atoms with Gasteiger partial charge in [0.2, 0.25) is 0 Å². The van der Waals surface area contributed by atoms with E-state index in [4.69, 9.17) is 10.5 Å². The molecule has 0 unspecified atom stereocenters. The molecule has 0 atom stereocenters. The third-order valence-electron chi connectivity index (χ3n) is 3.20. The SMILES string of the molecule is COc1ccc(C)cc1-n1nnnc1-c1ccc(N)cc1. The molecular formula is C15H15N5O. The van der Waals surface area contributed by atoms with Crippen LogP contribution in [0.25, 0.3) is 17.1 Å². The normalized spacial score (nSPS) is 10.6. The van der Waals surface area contributed by atoms with Crippen molar-refractivity contribution in [2.75, 3.05) is 12.8 Å².